The molecular formula is C17H17BrClN. The van der Waals surface area contributed by atoms with Crippen molar-refractivity contribution >= 4 is 27.5 Å². The monoisotopic (exact) mass is 349 g/mol. The van der Waals surface area contributed by atoms with Crippen molar-refractivity contribution in [3.05, 3.63) is 68.7 Å². The highest BCUT2D eigenvalue weighted by atomic mass is 79.9. The zero-order chi connectivity index (χ0) is 14.1. The molecule has 2 unspecified atom stereocenters. The molecule has 0 amide bonds. The van der Waals surface area contributed by atoms with Crippen LogP contribution in [0.25, 0.3) is 0 Å². The fourth-order valence-corrected chi connectivity index (χ4v) is 3.44. The lowest BCUT2D eigenvalue weighted by Crippen LogP contribution is -2.22. The van der Waals surface area contributed by atoms with Crippen molar-refractivity contribution in [2.45, 2.75) is 31.8 Å². The quantitative estimate of drug-likeness (QED) is 0.777. The maximum atomic E-state index is 5.94. The average Bonchev–Trinajstić information content (AvgIpc) is 2.81. The van der Waals surface area contributed by atoms with Gasteiger partial charge in [-0.25, -0.2) is 0 Å². The molecule has 2 aromatic carbocycles. The third-order valence-corrected chi connectivity index (χ3v) is 4.75. The van der Waals surface area contributed by atoms with Crippen molar-refractivity contribution < 1.29 is 0 Å². The van der Waals surface area contributed by atoms with Crippen molar-refractivity contribution in [3.8, 4) is 0 Å². The topological polar surface area (TPSA) is 12.0 Å². The summed E-state index contributed by atoms with van der Waals surface area (Å²) in [6.07, 6.45) is 2.32. The molecule has 0 saturated carbocycles. The first-order chi connectivity index (χ1) is 9.63. The van der Waals surface area contributed by atoms with E-state index in [9.17, 15) is 0 Å². The Bertz CT molecular complexity index is 609. The number of nitrogens with one attached hydrogen (secondary N) is 1. The van der Waals surface area contributed by atoms with Crippen LogP contribution in [-0.4, -0.2) is 0 Å². The number of rotatable bonds is 3. The lowest BCUT2D eigenvalue weighted by Gasteiger charge is -2.21. The van der Waals surface area contributed by atoms with Crippen molar-refractivity contribution in [1.29, 1.82) is 0 Å². The third-order valence-electron chi connectivity index (χ3n) is 4.00. The molecule has 0 saturated heterocycles. The smallest absolute Gasteiger partial charge is 0.0406 e. The van der Waals surface area contributed by atoms with Gasteiger partial charge in [0.2, 0.25) is 0 Å². The Morgan fingerprint density at radius 1 is 1.20 bits per heavy atom. The second-order valence-corrected chi connectivity index (χ2v) is 6.73. The van der Waals surface area contributed by atoms with Gasteiger partial charge in [0, 0.05) is 21.6 Å². The Morgan fingerprint density at radius 3 is 2.70 bits per heavy atom. The summed E-state index contributed by atoms with van der Waals surface area (Å²) in [5, 5.41) is 4.52. The summed E-state index contributed by atoms with van der Waals surface area (Å²) in [7, 11) is 0. The number of halogens is 2. The molecule has 1 aliphatic carbocycles. The van der Waals surface area contributed by atoms with Gasteiger partial charge in [-0.3, -0.25) is 0 Å². The fourth-order valence-electron chi connectivity index (χ4n) is 2.91. The Hall–Kier alpha value is -0.830. The predicted molar refractivity (Wildman–Crippen MR) is 88.2 cm³/mol. The lowest BCUT2D eigenvalue weighted by molar-refractivity contribution is 0.465. The van der Waals surface area contributed by atoms with Crippen LogP contribution in [-0.2, 0) is 6.42 Å². The molecule has 1 aliphatic rings. The Kier molecular flexibility index (Phi) is 4.16. The molecule has 0 radical (unpaired) electrons. The summed E-state index contributed by atoms with van der Waals surface area (Å²) in [4.78, 5) is 0. The van der Waals surface area contributed by atoms with E-state index in [1.54, 1.807) is 0 Å². The van der Waals surface area contributed by atoms with Crippen molar-refractivity contribution in [2.75, 3.05) is 0 Å². The van der Waals surface area contributed by atoms with E-state index in [-0.39, 0.29) is 0 Å². The number of benzene rings is 2. The summed E-state index contributed by atoms with van der Waals surface area (Å²) in [5.41, 5.74) is 4.18. The third kappa shape index (κ3) is 2.93. The Labute approximate surface area is 133 Å². The molecule has 104 valence electrons. The van der Waals surface area contributed by atoms with Crippen LogP contribution in [0, 0.1) is 0 Å². The van der Waals surface area contributed by atoms with Crippen LogP contribution >= 0.6 is 27.5 Å². The Balaban J connectivity index is 1.75. The first-order valence-electron chi connectivity index (χ1n) is 6.93. The molecule has 2 aromatic rings. The van der Waals surface area contributed by atoms with Crippen molar-refractivity contribution in [1.82, 2.24) is 5.32 Å². The summed E-state index contributed by atoms with van der Waals surface area (Å²) in [6, 6.07) is 15.5. The lowest BCUT2D eigenvalue weighted by atomic mass is 10.0. The average molecular weight is 351 g/mol. The molecular weight excluding hydrogens is 334 g/mol. The molecule has 3 rings (SSSR count). The van der Waals surface area contributed by atoms with Crippen LogP contribution in [0.1, 0.15) is 42.1 Å². The summed E-state index contributed by atoms with van der Waals surface area (Å²) in [5.74, 6) is 0. The molecule has 0 aromatic heterocycles. The minimum Gasteiger partial charge on any atom is -0.303 e. The minimum atomic E-state index is 0.326. The van der Waals surface area contributed by atoms with Crippen molar-refractivity contribution in [3.63, 3.8) is 0 Å². The van der Waals surface area contributed by atoms with E-state index >= 15 is 0 Å². The molecule has 1 N–H and O–H groups in total. The van der Waals surface area contributed by atoms with Gasteiger partial charge in [-0.15, -0.1) is 0 Å². The van der Waals surface area contributed by atoms with Gasteiger partial charge in [-0.1, -0.05) is 45.7 Å². The zero-order valence-corrected chi connectivity index (χ0v) is 13.7. The predicted octanol–water partition coefficient (Wildman–Crippen LogP) is 5.44. The van der Waals surface area contributed by atoms with E-state index < -0.39 is 0 Å². The Morgan fingerprint density at radius 2 is 1.95 bits per heavy atom. The highest BCUT2D eigenvalue weighted by Gasteiger charge is 2.23. The van der Waals surface area contributed by atoms with E-state index in [4.69, 9.17) is 11.6 Å². The van der Waals surface area contributed by atoms with Gasteiger partial charge in [0.05, 0.1) is 0 Å². The molecule has 3 heteroatoms. The SMILES string of the molecule is CC(NC1CCc2cc(Br)ccc21)c1ccc(Cl)cc1. The molecule has 0 fully saturated rings. The molecule has 1 nitrogen and oxygen atoms in total. The van der Waals surface area contributed by atoms with Crippen LogP contribution in [0.2, 0.25) is 5.02 Å². The van der Waals surface area contributed by atoms with Gasteiger partial charge in [0.1, 0.15) is 0 Å². The van der Waals surface area contributed by atoms with Crippen LogP contribution < -0.4 is 5.32 Å². The highest BCUT2D eigenvalue weighted by molar-refractivity contribution is 9.10. The number of fused-ring (bicyclic) bond motifs is 1. The molecule has 0 aliphatic heterocycles. The maximum Gasteiger partial charge on any atom is 0.0406 e. The van der Waals surface area contributed by atoms with E-state index in [1.807, 2.05) is 12.1 Å². The first kappa shape index (κ1) is 14.1. The number of hydrogen-bond acceptors (Lipinski definition) is 1. The number of aryl methyl sites for hydroxylation is 1. The summed E-state index contributed by atoms with van der Waals surface area (Å²) >= 11 is 9.49. The van der Waals surface area contributed by atoms with Crippen LogP contribution in [0.3, 0.4) is 0 Å². The van der Waals surface area contributed by atoms with Crippen LogP contribution in [0.4, 0.5) is 0 Å². The van der Waals surface area contributed by atoms with Crippen LogP contribution in [0.5, 0.6) is 0 Å². The van der Waals surface area contributed by atoms with Gasteiger partial charge in [0.25, 0.3) is 0 Å². The molecule has 2 atom stereocenters. The normalized spacial score (nSPS) is 18.9. The summed E-state index contributed by atoms with van der Waals surface area (Å²) < 4.78 is 1.17. The van der Waals surface area contributed by atoms with Crippen LogP contribution in [0.15, 0.2) is 46.9 Å². The van der Waals surface area contributed by atoms with E-state index in [0.29, 0.717) is 12.1 Å². The van der Waals surface area contributed by atoms with Gasteiger partial charge >= 0.3 is 0 Å². The minimum absolute atomic E-state index is 0.326. The molecule has 20 heavy (non-hydrogen) atoms. The molecule has 0 bridgehead atoms. The first-order valence-corrected chi connectivity index (χ1v) is 8.10. The second-order valence-electron chi connectivity index (χ2n) is 5.37. The van der Waals surface area contributed by atoms with E-state index in [2.05, 4.69) is 58.5 Å². The standard InChI is InChI=1S/C17H17BrClN/c1-11(12-2-6-15(19)7-3-12)20-17-9-4-13-10-14(18)5-8-16(13)17/h2-3,5-8,10-11,17,20H,4,9H2,1H3. The summed E-state index contributed by atoms with van der Waals surface area (Å²) in [6.45, 7) is 2.21. The number of hydrogen-bond donors (Lipinski definition) is 1. The maximum absolute atomic E-state index is 5.94. The van der Waals surface area contributed by atoms with E-state index in [0.717, 1.165) is 11.4 Å². The fraction of sp³-hybridized carbons (Fsp3) is 0.294. The zero-order valence-electron chi connectivity index (χ0n) is 11.4. The van der Waals surface area contributed by atoms with Gasteiger partial charge < -0.3 is 5.32 Å². The largest absolute Gasteiger partial charge is 0.303 e. The molecule has 0 spiro atoms. The van der Waals surface area contributed by atoms with Gasteiger partial charge in [-0.2, -0.15) is 0 Å². The highest BCUT2D eigenvalue weighted by Crippen LogP contribution is 2.34. The molecule has 0 heterocycles. The van der Waals surface area contributed by atoms with E-state index in [1.165, 1.54) is 27.6 Å². The van der Waals surface area contributed by atoms with Crippen molar-refractivity contribution in [2.24, 2.45) is 0 Å². The second kappa shape index (κ2) is 5.88. The van der Waals surface area contributed by atoms with Gasteiger partial charge in [0.15, 0.2) is 0 Å². The van der Waals surface area contributed by atoms with Gasteiger partial charge in [-0.05, 0) is 60.7 Å².